The minimum atomic E-state index is 0.547. The van der Waals surface area contributed by atoms with E-state index in [9.17, 15) is 0 Å². The van der Waals surface area contributed by atoms with E-state index < -0.39 is 0 Å². The molecule has 0 amide bonds. The van der Waals surface area contributed by atoms with Crippen molar-refractivity contribution in [1.82, 2.24) is 4.90 Å². The molecule has 1 saturated heterocycles. The van der Waals surface area contributed by atoms with Gasteiger partial charge >= 0.3 is 0 Å². The predicted molar refractivity (Wildman–Crippen MR) is 51.6 cm³/mol. The first-order valence-electron chi connectivity index (χ1n) is 5.39. The molecule has 1 aliphatic carbocycles. The van der Waals surface area contributed by atoms with Crippen molar-refractivity contribution in [3.05, 3.63) is 0 Å². The second kappa shape index (κ2) is 3.95. The average Bonchev–Trinajstić information content (AvgIpc) is 2.02. The Morgan fingerprint density at radius 3 is 2.77 bits per heavy atom. The van der Waals surface area contributed by atoms with Crippen molar-refractivity contribution in [3.63, 3.8) is 0 Å². The molecule has 2 N–H and O–H groups in total. The molecule has 1 heterocycles. The number of piperazine rings is 1. The van der Waals surface area contributed by atoms with Crippen LogP contribution in [0.15, 0.2) is 0 Å². The van der Waals surface area contributed by atoms with Gasteiger partial charge in [-0.05, 0) is 19.8 Å². The molecule has 2 rings (SSSR count). The lowest BCUT2D eigenvalue weighted by Crippen LogP contribution is -2.95. The SMILES string of the molecule is COC1CC(N2CC[NH2+][C@@H](C)C2)C1. The highest BCUT2D eigenvalue weighted by molar-refractivity contribution is 4.88. The summed E-state index contributed by atoms with van der Waals surface area (Å²) in [6.07, 6.45) is 3.05. The van der Waals surface area contributed by atoms with Gasteiger partial charge in [0, 0.05) is 19.7 Å². The van der Waals surface area contributed by atoms with E-state index in [-0.39, 0.29) is 0 Å². The molecule has 76 valence electrons. The van der Waals surface area contributed by atoms with Gasteiger partial charge in [0.15, 0.2) is 0 Å². The third-order valence-corrected chi connectivity index (χ3v) is 3.43. The topological polar surface area (TPSA) is 29.1 Å². The van der Waals surface area contributed by atoms with E-state index in [1.54, 1.807) is 0 Å². The van der Waals surface area contributed by atoms with Crippen molar-refractivity contribution >= 4 is 0 Å². The van der Waals surface area contributed by atoms with Crippen molar-refractivity contribution in [1.29, 1.82) is 0 Å². The van der Waals surface area contributed by atoms with Gasteiger partial charge in [-0.3, -0.25) is 4.90 Å². The van der Waals surface area contributed by atoms with E-state index in [1.807, 2.05) is 7.11 Å². The van der Waals surface area contributed by atoms with Crippen LogP contribution in [0.2, 0.25) is 0 Å². The van der Waals surface area contributed by atoms with Crippen molar-refractivity contribution in [2.24, 2.45) is 0 Å². The van der Waals surface area contributed by atoms with Gasteiger partial charge in [-0.1, -0.05) is 0 Å². The van der Waals surface area contributed by atoms with Crippen LogP contribution in [0.1, 0.15) is 19.8 Å². The zero-order chi connectivity index (χ0) is 9.26. The van der Waals surface area contributed by atoms with Crippen LogP contribution < -0.4 is 5.32 Å². The van der Waals surface area contributed by atoms with E-state index in [0.717, 1.165) is 12.1 Å². The molecule has 13 heavy (non-hydrogen) atoms. The summed E-state index contributed by atoms with van der Waals surface area (Å²) < 4.78 is 5.30. The van der Waals surface area contributed by atoms with Gasteiger partial charge in [0.25, 0.3) is 0 Å². The zero-order valence-corrected chi connectivity index (χ0v) is 8.70. The monoisotopic (exact) mass is 185 g/mol. The number of quaternary nitrogens is 1. The minimum Gasteiger partial charge on any atom is -0.381 e. The molecule has 0 aromatic carbocycles. The molecule has 2 fully saturated rings. The minimum absolute atomic E-state index is 0.547. The van der Waals surface area contributed by atoms with E-state index in [0.29, 0.717) is 6.10 Å². The quantitative estimate of drug-likeness (QED) is 0.624. The van der Waals surface area contributed by atoms with Gasteiger partial charge in [-0.15, -0.1) is 0 Å². The summed E-state index contributed by atoms with van der Waals surface area (Å²) in [4.78, 5) is 2.64. The number of nitrogens with zero attached hydrogens (tertiary/aromatic N) is 1. The lowest BCUT2D eigenvalue weighted by atomic mass is 9.87. The smallest absolute Gasteiger partial charge is 0.0959 e. The summed E-state index contributed by atoms with van der Waals surface area (Å²) in [5, 5.41) is 2.45. The fourth-order valence-electron chi connectivity index (χ4n) is 2.42. The second-order valence-electron chi connectivity index (χ2n) is 4.48. The molecule has 2 aliphatic rings. The van der Waals surface area contributed by atoms with Crippen LogP contribution in [-0.4, -0.2) is 49.8 Å². The molecule has 3 nitrogen and oxygen atoms in total. The lowest BCUT2D eigenvalue weighted by molar-refractivity contribution is -0.695. The van der Waals surface area contributed by atoms with Crippen molar-refractivity contribution in [2.75, 3.05) is 26.7 Å². The third kappa shape index (κ3) is 2.03. The van der Waals surface area contributed by atoms with Gasteiger partial charge in [-0.2, -0.15) is 0 Å². The Morgan fingerprint density at radius 2 is 2.15 bits per heavy atom. The highest BCUT2D eigenvalue weighted by Gasteiger charge is 2.35. The molecule has 0 bridgehead atoms. The fourth-order valence-corrected chi connectivity index (χ4v) is 2.42. The van der Waals surface area contributed by atoms with Gasteiger partial charge < -0.3 is 10.1 Å². The maximum absolute atomic E-state index is 5.30. The zero-order valence-electron chi connectivity index (χ0n) is 8.70. The maximum Gasteiger partial charge on any atom is 0.0959 e. The first kappa shape index (κ1) is 9.44. The van der Waals surface area contributed by atoms with Crippen LogP contribution in [0, 0.1) is 0 Å². The highest BCUT2D eigenvalue weighted by atomic mass is 16.5. The third-order valence-electron chi connectivity index (χ3n) is 3.43. The number of ether oxygens (including phenoxy) is 1. The Kier molecular flexibility index (Phi) is 2.86. The molecular weight excluding hydrogens is 164 g/mol. The van der Waals surface area contributed by atoms with Gasteiger partial charge in [0.05, 0.1) is 25.2 Å². The molecule has 1 saturated carbocycles. The molecular formula is C10H21N2O+. The molecule has 3 heteroatoms. The lowest BCUT2D eigenvalue weighted by Gasteiger charge is -2.44. The Labute approximate surface area is 80.4 Å². The predicted octanol–water partition coefficient (Wildman–Crippen LogP) is -0.569. The summed E-state index contributed by atoms with van der Waals surface area (Å²) in [5.41, 5.74) is 0. The van der Waals surface area contributed by atoms with Crippen LogP contribution in [0.4, 0.5) is 0 Å². The van der Waals surface area contributed by atoms with E-state index in [2.05, 4.69) is 17.1 Å². The summed E-state index contributed by atoms with van der Waals surface area (Å²) in [5.74, 6) is 0. The van der Waals surface area contributed by atoms with Crippen LogP contribution in [-0.2, 0) is 4.74 Å². The Hall–Kier alpha value is -0.120. The summed E-state index contributed by atoms with van der Waals surface area (Å²) >= 11 is 0. The maximum atomic E-state index is 5.30. The van der Waals surface area contributed by atoms with Crippen molar-refractivity contribution in [3.8, 4) is 0 Å². The summed E-state index contributed by atoms with van der Waals surface area (Å²) in [6.45, 7) is 6.13. The number of methoxy groups -OCH3 is 1. The standard InChI is InChI=1S/C10H20N2O/c1-8-7-12(4-3-11-8)9-5-10(6-9)13-2/h8-11H,3-7H2,1-2H3/p+1/t8-,9?,10?/m0/s1. The number of hydrogen-bond donors (Lipinski definition) is 1. The molecule has 0 unspecified atom stereocenters. The first-order chi connectivity index (χ1) is 6.29. The van der Waals surface area contributed by atoms with Crippen LogP contribution in [0.25, 0.3) is 0 Å². The van der Waals surface area contributed by atoms with Gasteiger partial charge in [0.2, 0.25) is 0 Å². The molecule has 0 aromatic rings. The van der Waals surface area contributed by atoms with Gasteiger partial charge in [0.1, 0.15) is 0 Å². The average molecular weight is 185 g/mol. The van der Waals surface area contributed by atoms with Gasteiger partial charge in [-0.25, -0.2) is 0 Å². The Bertz CT molecular complexity index is 168. The molecule has 0 radical (unpaired) electrons. The van der Waals surface area contributed by atoms with E-state index in [1.165, 1.54) is 32.5 Å². The van der Waals surface area contributed by atoms with E-state index >= 15 is 0 Å². The summed E-state index contributed by atoms with van der Waals surface area (Å²) in [6, 6.07) is 1.61. The summed E-state index contributed by atoms with van der Waals surface area (Å²) in [7, 11) is 1.83. The fraction of sp³-hybridized carbons (Fsp3) is 1.00. The number of hydrogen-bond acceptors (Lipinski definition) is 2. The molecule has 0 spiro atoms. The van der Waals surface area contributed by atoms with E-state index in [4.69, 9.17) is 4.74 Å². The number of nitrogens with two attached hydrogens (primary N) is 1. The molecule has 1 atom stereocenters. The van der Waals surface area contributed by atoms with Crippen molar-refractivity contribution in [2.45, 2.75) is 38.0 Å². The molecule has 1 aliphatic heterocycles. The molecule has 0 aromatic heterocycles. The largest absolute Gasteiger partial charge is 0.381 e. The van der Waals surface area contributed by atoms with Crippen LogP contribution >= 0.6 is 0 Å². The normalized spacial score (nSPS) is 41.5. The first-order valence-corrected chi connectivity index (χ1v) is 5.39. The number of rotatable bonds is 2. The Morgan fingerprint density at radius 1 is 1.38 bits per heavy atom. The second-order valence-corrected chi connectivity index (χ2v) is 4.48. The highest BCUT2D eigenvalue weighted by Crippen LogP contribution is 2.27. The van der Waals surface area contributed by atoms with Crippen LogP contribution in [0.3, 0.4) is 0 Å². The Balaban J connectivity index is 1.75. The van der Waals surface area contributed by atoms with Crippen LogP contribution in [0.5, 0.6) is 0 Å². The van der Waals surface area contributed by atoms with Crippen molar-refractivity contribution < 1.29 is 10.1 Å².